The Bertz CT molecular complexity index is 364. The van der Waals surface area contributed by atoms with Crippen molar-refractivity contribution in [2.24, 2.45) is 5.73 Å². The van der Waals surface area contributed by atoms with Crippen LogP contribution in [0.5, 0.6) is 5.75 Å². The number of primary amides is 1. The summed E-state index contributed by atoms with van der Waals surface area (Å²) in [5, 5.41) is 3.00. The maximum atomic E-state index is 10.9. The molecule has 0 aliphatic heterocycles. The van der Waals surface area contributed by atoms with Gasteiger partial charge in [0.25, 0.3) is 0 Å². The molecule has 4 nitrogen and oxygen atoms in total. The second-order valence-electron chi connectivity index (χ2n) is 3.47. The van der Waals surface area contributed by atoms with Crippen molar-refractivity contribution >= 4 is 11.6 Å². The third-order valence-electron chi connectivity index (χ3n) is 2.15. The topological polar surface area (TPSA) is 64.3 Å². The third kappa shape index (κ3) is 2.87. The van der Waals surface area contributed by atoms with Gasteiger partial charge in [-0.05, 0) is 31.5 Å². The fraction of sp³-hybridized carbons (Fsp3) is 0.364. The first-order valence-corrected chi connectivity index (χ1v) is 4.75. The molecule has 1 rings (SSSR count). The minimum atomic E-state index is -0.416. The Kier molecular flexibility index (Phi) is 3.55. The van der Waals surface area contributed by atoms with Crippen LogP contribution in [0.2, 0.25) is 0 Å². The van der Waals surface area contributed by atoms with Crippen LogP contribution in [0.15, 0.2) is 18.2 Å². The van der Waals surface area contributed by atoms with Crippen LogP contribution in [0.3, 0.4) is 0 Å². The number of nitrogens with one attached hydrogen (secondary N) is 1. The number of hydrogen-bond donors (Lipinski definition) is 2. The molecule has 0 aliphatic carbocycles. The second-order valence-corrected chi connectivity index (χ2v) is 3.47. The molecule has 0 aromatic heterocycles. The monoisotopic (exact) mass is 208 g/mol. The van der Waals surface area contributed by atoms with Gasteiger partial charge in [0, 0.05) is 0 Å². The highest BCUT2D eigenvalue weighted by molar-refractivity contribution is 5.83. The molecule has 0 bridgehead atoms. The number of anilines is 1. The molecule has 0 heterocycles. The summed E-state index contributed by atoms with van der Waals surface area (Å²) in [5.41, 5.74) is 7.05. The van der Waals surface area contributed by atoms with Gasteiger partial charge in [0.15, 0.2) is 0 Å². The van der Waals surface area contributed by atoms with Crippen LogP contribution in [-0.4, -0.2) is 19.1 Å². The highest BCUT2D eigenvalue weighted by atomic mass is 16.5. The second kappa shape index (κ2) is 4.68. The Labute approximate surface area is 89.4 Å². The Morgan fingerprint density at radius 2 is 2.20 bits per heavy atom. The van der Waals surface area contributed by atoms with Crippen LogP contribution < -0.4 is 15.8 Å². The first-order valence-electron chi connectivity index (χ1n) is 4.75. The van der Waals surface area contributed by atoms with Gasteiger partial charge in [-0.2, -0.15) is 0 Å². The SMILES string of the molecule is COc1ccc(C)cc1NC(C)C(N)=O. The summed E-state index contributed by atoms with van der Waals surface area (Å²) in [6.45, 7) is 3.68. The number of benzene rings is 1. The summed E-state index contributed by atoms with van der Waals surface area (Å²) >= 11 is 0. The highest BCUT2D eigenvalue weighted by Gasteiger charge is 2.10. The number of amides is 1. The van der Waals surface area contributed by atoms with Gasteiger partial charge in [0.1, 0.15) is 11.8 Å². The molecule has 1 aromatic rings. The van der Waals surface area contributed by atoms with E-state index in [0.29, 0.717) is 5.75 Å². The lowest BCUT2D eigenvalue weighted by molar-refractivity contribution is -0.118. The summed E-state index contributed by atoms with van der Waals surface area (Å²) in [6.07, 6.45) is 0. The number of hydrogen-bond acceptors (Lipinski definition) is 3. The van der Waals surface area contributed by atoms with Crippen molar-refractivity contribution in [1.82, 2.24) is 0 Å². The van der Waals surface area contributed by atoms with Crippen molar-refractivity contribution in [3.8, 4) is 5.75 Å². The molecule has 0 fully saturated rings. The number of rotatable bonds is 4. The predicted molar refractivity (Wildman–Crippen MR) is 60.0 cm³/mol. The molecule has 0 aliphatic rings. The maximum Gasteiger partial charge on any atom is 0.239 e. The molecule has 1 unspecified atom stereocenters. The third-order valence-corrected chi connectivity index (χ3v) is 2.15. The van der Waals surface area contributed by atoms with E-state index >= 15 is 0 Å². The first-order chi connectivity index (χ1) is 7.04. The average Bonchev–Trinajstić information content (AvgIpc) is 2.18. The molecule has 0 saturated carbocycles. The minimum Gasteiger partial charge on any atom is -0.495 e. The standard InChI is InChI=1S/C11H16N2O2/c1-7-4-5-10(15-3)9(6-7)13-8(2)11(12)14/h4-6,8,13H,1-3H3,(H2,12,14). The van der Waals surface area contributed by atoms with E-state index in [2.05, 4.69) is 5.32 Å². The molecule has 82 valence electrons. The number of carbonyl (C=O) groups is 1. The molecule has 3 N–H and O–H groups in total. The van der Waals surface area contributed by atoms with Crippen molar-refractivity contribution in [3.63, 3.8) is 0 Å². The predicted octanol–water partition coefficient (Wildman–Crippen LogP) is 1.29. The van der Waals surface area contributed by atoms with Gasteiger partial charge in [-0.15, -0.1) is 0 Å². The lowest BCUT2D eigenvalue weighted by atomic mass is 10.2. The van der Waals surface area contributed by atoms with Crippen molar-refractivity contribution in [3.05, 3.63) is 23.8 Å². The molecule has 1 amide bonds. The van der Waals surface area contributed by atoms with E-state index in [0.717, 1.165) is 11.3 Å². The van der Waals surface area contributed by atoms with Crippen LogP contribution in [-0.2, 0) is 4.79 Å². The molecule has 4 heteroatoms. The lowest BCUT2D eigenvalue weighted by Crippen LogP contribution is -2.32. The lowest BCUT2D eigenvalue weighted by Gasteiger charge is -2.15. The van der Waals surface area contributed by atoms with E-state index in [1.54, 1.807) is 14.0 Å². The minimum absolute atomic E-state index is 0.390. The van der Waals surface area contributed by atoms with Crippen molar-refractivity contribution in [1.29, 1.82) is 0 Å². The van der Waals surface area contributed by atoms with Crippen molar-refractivity contribution in [2.45, 2.75) is 19.9 Å². The molecule has 0 saturated heterocycles. The van der Waals surface area contributed by atoms with Crippen LogP contribution in [0, 0.1) is 6.92 Å². The Hall–Kier alpha value is -1.71. The van der Waals surface area contributed by atoms with E-state index in [1.807, 2.05) is 25.1 Å². The summed E-state index contributed by atoms with van der Waals surface area (Å²) < 4.78 is 5.17. The zero-order valence-electron chi connectivity index (χ0n) is 9.20. The van der Waals surface area contributed by atoms with E-state index in [4.69, 9.17) is 10.5 Å². The smallest absolute Gasteiger partial charge is 0.239 e. The number of carbonyl (C=O) groups excluding carboxylic acids is 1. The molecule has 0 radical (unpaired) electrons. The number of nitrogens with two attached hydrogens (primary N) is 1. The molecular formula is C11H16N2O2. The molecule has 1 atom stereocenters. The first kappa shape index (κ1) is 11.4. The maximum absolute atomic E-state index is 10.9. The van der Waals surface area contributed by atoms with Gasteiger partial charge >= 0.3 is 0 Å². The fourth-order valence-electron chi connectivity index (χ4n) is 1.24. The highest BCUT2D eigenvalue weighted by Crippen LogP contribution is 2.25. The molecule has 0 spiro atoms. The van der Waals surface area contributed by atoms with Crippen LogP contribution in [0.1, 0.15) is 12.5 Å². The quantitative estimate of drug-likeness (QED) is 0.783. The summed E-state index contributed by atoms with van der Waals surface area (Å²) in [7, 11) is 1.59. The Balaban J connectivity index is 2.91. The number of ether oxygens (including phenoxy) is 1. The van der Waals surface area contributed by atoms with E-state index in [-0.39, 0.29) is 0 Å². The van der Waals surface area contributed by atoms with E-state index < -0.39 is 11.9 Å². The zero-order valence-corrected chi connectivity index (χ0v) is 9.20. The number of aryl methyl sites for hydroxylation is 1. The number of methoxy groups -OCH3 is 1. The van der Waals surface area contributed by atoms with Gasteiger partial charge in [-0.25, -0.2) is 0 Å². The van der Waals surface area contributed by atoms with E-state index in [1.165, 1.54) is 0 Å². The van der Waals surface area contributed by atoms with Crippen LogP contribution >= 0.6 is 0 Å². The van der Waals surface area contributed by atoms with Crippen LogP contribution in [0.4, 0.5) is 5.69 Å². The van der Waals surface area contributed by atoms with Gasteiger partial charge in [-0.3, -0.25) is 4.79 Å². The van der Waals surface area contributed by atoms with Crippen LogP contribution in [0.25, 0.3) is 0 Å². The largest absolute Gasteiger partial charge is 0.495 e. The van der Waals surface area contributed by atoms with Gasteiger partial charge in [0.2, 0.25) is 5.91 Å². The summed E-state index contributed by atoms with van der Waals surface area (Å²) in [6, 6.07) is 5.29. The fourth-order valence-corrected chi connectivity index (χ4v) is 1.24. The zero-order chi connectivity index (χ0) is 11.4. The Morgan fingerprint density at radius 1 is 1.53 bits per heavy atom. The molecule has 1 aromatic carbocycles. The molecular weight excluding hydrogens is 192 g/mol. The van der Waals surface area contributed by atoms with Gasteiger partial charge in [0.05, 0.1) is 12.8 Å². The van der Waals surface area contributed by atoms with Gasteiger partial charge in [-0.1, -0.05) is 6.07 Å². The normalized spacial score (nSPS) is 11.9. The van der Waals surface area contributed by atoms with Gasteiger partial charge < -0.3 is 15.8 Å². The summed E-state index contributed by atoms with van der Waals surface area (Å²) in [4.78, 5) is 10.9. The van der Waals surface area contributed by atoms with E-state index in [9.17, 15) is 4.79 Å². The van der Waals surface area contributed by atoms with Crippen molar-refractivity contribution in [2.75, 3.05) is 12.4 Å². The molecule has 15 heavy (non-hydrogen) atoms. The Morgan fingerprint density at radius 3 is 2.73 bits per heavy atom. The average molecular weight is 208 g/mol. The van der Waals surface area contributed by atoms with Crippen molar-refractivity contribution < 1.29 is 9.53 Å². The summed E-state index contributed by atoms with van der Waals surface area (Å²) in [5.74, 6) is 0.312.